The number of amides is 1. The van der Waals surface area contributed by atoms with Crippen molar-refractivity contribution < 1.29 is 39.8 Å². The third-order valence-electron chi connectivity index (χ3n) is 17.2. The number of rotatable bonds is 63. The van der Waals surface area contributed by atoms with Gasteiger partial charge >= 0.3 is 0 Å². The standard InChI is InChI=1S/C73H137NO8/c1-3-5-7-9-11-13-15-17-19-21-23-24-25-26-27-28-29-30-31-32-33-34-35-36-37-38-39-40-41-42-43-44-45-47-49-51-53-55-57-59-61-63-69(77)74-66(65-81-73-72(80)71(79)70(78)68(64-75)82-73)67(76)62-60-58-56-54-52-50-48-46-22-20-18-16-14-12-10-8-6-4-2/h5,7,11,13,17,19,23-24,66-68,70-73,75-76,78-80H,3-4,6,8-10,12,14-16,18,20-22,25-65H2,1-2H3,(H,74,77)/b7-5-,13-11-,19-17-,24-23-. The topological polar surface area (TPSA) is 149 Å². The lowest BCUT2D eigenvalue weighted by atomic mass is 9.99. The van der Waals surface area contributed by atoms with Crippen LogP contribution in [0.3, 0.4) is 0 Å². The molecule has 1 saturated heterocycles. The highest BCUT2D eigenvalue weighted by atomic mass is 16.7. The largest absolute Gasteiger partial charge is 0.394 e. The molecule has 0 aliphatic carbocycles. The van der Waals surface area contributed by atoms with Crippen molar-refractivity contribution in [1.82, 2.24) is 5.32 Å². The third-order valence-corrected chi connectivity index (χ3v) is 17.2. The molecule has 6 N–H and O–H groups in total. The molecule has 82 heavy (non-hydrogen) atoms. The number of hydrogen-bond acceptors (Lipinski definition) is 8. The number of allylic oxidation sites excluding steroid dienone is 8. The van der Waals surface area contributed by atoms with E-state index < -0.39 is 49.5 Å². The lowest BCUT2D eigenvalue weighted by Gasteiger charge is -2.40. The van der Waals surface area contributed by atoms with Crippen LogP contribution in [0.4, 0.5) is 0 Å². The Morgan fingerprint density at radius 2 is 0.756 bits per heavy atom. The summed E-state index contributed by atoms with van der Waals surface area (Å²) in [7, 11) is 0. The van der Waals surface area contributed by atoms with E-state index in [1.165, 1.54) is 263 Å². The Labute approximate surface area is 507 Å². The van der Waals surface area contributed by atoms with Gasteiger partial charge in [0.05, 0.1) is 25.4 Å². The van der Waals surface area contributed by atoms with Gasteiger partial charge in [-0.3, -0.25) is 4.79 Å². The van der Waals surface area contributed by atoms with E-state index in [2.05, 4.69) is 67.8 Å². The molecule has 9 heteroatoms. The number of nitrogens with one attached hydrogen (secondary N) is 1. The van der Waals surface area contributed by atoms with Gasteiger partial charge in [-0.2, -0.15) is 0 Å². The molecular weight excluding hydrogens is 1020 g/mol. The van der Waals surface area contributed by atoms with Gasteiger partial charge in [-0.25, -0.2) is 0 Å². The van der Waals surface area contributed by atoms with Crippen LogP contribution in [0, 0.1) is 0 Å². The highest BCUT2D eigenvalue weighted by Crippen LogP contribution is 2.24. The van der Waals surface area contributed by atoms with E-state index in [4.69, 9.17) is 9.47 Å². The maximum Gasteiger partial charge on any atom is 0.220 e. The van der Waals surface area contributed by atoms with Crippen LogP contribution in [0.15, 0.2) is 48.6 Å². The second-order valence-corrected chi connectivity index (χ2v) is 25.0. The van der Waals surface area contributed by atoms with Crippen molar-refractivity contribution in [1.29, 1.82) is 0 Å². The molecule has 0 radical (unpaired) electrons. The summed E-state index contributed by atoms with van der Waals surface area (Å²) in [5.74, 6) is -0.136. The Morgan fingerprint density at radius 1 is 0.427 bits per heavy atom. The maximum absolute atomic E-state index is 13.1. The van der Waals surface area contributed by atoms with E-state index in [1.807, 2.05) is 0 Å². The normalized spacial score (nSPS) is 18.5. The zero-order chi connectivity index (χ0) is 59.3. The van der Waals surface area contributed by atoms with Crippen LogP contribution in [0.25, 0.3) is 0 Å². The van der Waals surface area contributed by atoms with Crippen molar-refractivity contribution in [2.45, 2.75) is 397 Å². The van der Waals surface area contributed by atoms with Gasteiger partial charge in [0.15, 0.2) is 6.29 Å². The van der Waals surface area contributed by atoms with E-state index in [0.29, 0.717) is 12.8 Å². The molecule has 9 nitrogen and oxygen atoms in total. The van der Waals surface area contributed by atoms with E-state index in [1.54, 1.807) is 0 Å². The Morgan fingerprint density at radius 3 is 1.12 bits per heavy atom. The Bertz CT molecular complexity index is 1430. The van der Waals surface area contributed by atoms with Gasteiger partial charge < -0.3 is 40.3 Å². The van der Waals surface area contributed by atoms with Crippen molar-refractivity contribution in [2.75, 3.05) is 13.2 Å². The number of hydrogen-bond donors (Lipinski definition) is 6. The predicted octanol–water partition coefficient (Wildman–Crippen LogP) is 19.6. The fourth-order valence-electron chi connectivity index (χ4n) is 11.6. The van der Waals surface area contributed by atoms with Gasteiger partial charge in [0.25, 0.3) is 0 Å². The minimum atomic E-state index is -1.55. The number of unbranched alkanes of at least 4 members (excludes halogenated alkanes) is 45. The van der Waals surface area contributed by atoms with Gasteiger partial charge in [0.2, 0.25) is 5.91 Å². The molecule has 0 bridgehead atoms. The third kappa shape index (κ3) is 50.3. The molecule has 0 aromatic rings. The quantitative estimate of drug-likeness (QED) is 0.0261. The SMILES string of the molecule is CC/C=C\C/C=C\C/C=C\C/C=C\CCCCCCCCCCCCCCCCCCCCCCCCCCCCCCC(=O)NC(COC1OC(CO)C(O)C(O)C1O)C(O)CCCCCCCCCCCCCCCCCCCC. The average molecular weight is 1160 g/mol. The molecular formula is C73H137NO8. The first-order chi connectivity index (χ1) is 40.3. The van der Waals surface area contributed by atoms with Gasteiger partial charge in [-0.15, -0.1) is 0 Å². The average Bonchev–Trinajstić information content (AvgIpc) is 3.57. The van der Waals surface area contributed by atoms with Crippen LogP contribution in [-0.4, -0.2) is 87.5 Å². The van der Waals surface area contributed by atoms with Gasteiger partial charge in [-0.05, 0) is 51.4 Å². The van der Waals surface area contributed by atoms with Crippen molar-refractivity contribution >= 4 is 5.91 Å². The monoisotopic (exact) mass is 1160 g/mol. The first-order valence-corrected chi connectivity index (χ1v) is 35.8. The Hall–Kier alpha value is -1.85. The lowest BCUT2D eigenvalue weighted by molar-refractivity contribution is -0.302. The minimum Gasteiger partial charge on any atom is -0.394 e. The zero-order valence-corrected chi connectivity index (χ0v) is 54.0. The highest BCUT2D eigenvalue weighted by molar-refractivity contribution is 5.76. The molecule has 1 aliphatic heterocycles. The molecule has 1 amide bonds. The van der Waals surface area contributed by atoms with Crippen molar-refractivity contribution in [3.8, 4) is 0 Å². The smallest absolute Gasteiger partial charge is 0.220 e. The molecule has 0 aromatic carbocycles. The summed E-state index contributed by atoms with van der Waals surface area (Å²) in [5, 5.41) is 54.9. The molecule has 1 fully saturated rings. The summed E-state index contributed by atoms with van der Waals surface area (Å²) < 4.78 is 11.4. The molecule has 7 unspecified atom stereocenters. The summed E-state index contributed by atoms with van der Waals surface area (Å²) in [4.78, 5) is 13.1. The van der Waals surface area contributed by atoms with E-state index >= 15 is 0 Å². The van der Waals surface area contributed by atoms with Crippen LogP contribution in [0.5, 0.6) is 0 Å². The summed E-state index contributed by atoms with van der Waals surface area (Å²) in [6.07, 6.45) is 77.7. The molecule has 0 aromatic heterocycles. The number of aliphatic hydroxyl groups excluding tert-OH is 5. The van der Waals surface area contributed by atoms with Crippen molar-refractivity contribution in [3.05, 3.63) is 48.6 Å². The summed E-state index contributed by atoms with van der Waals surface area (Å²) in [6, 6.07) is -0.717. The molecule has 0 spiro atoms. The first kappa shape index (κ1) is 78.2. The molecule has 7 atom stereocenters. The lowest BCUT2D eigenvalue weighted by Crippen LogP contribution is -2.60. The molecule has 1 aliphatic rings. The van der Waals surface area contributed by atoms with Crippen molar-refractivity contribution in [3.63, 3.8) is 0 Å². The van der Waals surface area contributed by atoms with E-state index in [9.17, 15) is 30.3 Å². The highest BCUT2D eigenvalue weighted by Gasteiger charge is 2.44. The van der Waals surface area contributed by atoms with Gasteiger partial charge in [0.1, 0.15) is 24.4 Å². The fraction of sp³-hybridized carbons (Fsp3) is 0.877. The summed E-state index contributed by atoms with van der Waals surface area (Å²) in [6.45, 7) is 3.77. The first-order valence-electron chi connectivity index (χ1n) is 35.8. The van der Waals surface area contributed by atoms with E-state index in [-0.39, 0.29) is 12.5 Å². The Kier molecular flexibility index (Phi) is 59.3. The number of carbonyl (C=O) groups is 1. The predicted molar refractivity (Wildman–Crippen MR) is 350 cm³/mol. The number of aliphatic hydroxyl groups is 5. The van der Waals surface area contributed by atoms with Crippen LogP contribution < -0.4 is 5.32 Å². The second-order valence-electron chi connectivity index (χ2n) is 25.0. The molecule has 482 valence electrons. The Balaban J connectivity index is 2.01. The second kappa shape index (κ2) is 62.2. The van der Waals surface area contributed by atoms with Crippen molar-refractivity contribution in [2.24, 2.45) is 0 Å². The van der Waals surface area contributed by atoms with Gasteiger partial charge in [0, 0.05) is 6.42 Å². The van der Waals surface area contributed by atoms with Gasteiger partial charge in [-0.1, -0.05) is 345 Å². The molecule has 1 heterocycles. The molecule has 1 rings (SSSR count). The number of carbonyl (C=O) groups excluding carboxylic acids is 1. The van der Waals surface area contributed by atoms with Crippen LogP contribution >= 0.6 is 0 Å². The summed E-state index contributed by atoms with van der Waals surface area (Å²) >= 11 is 0. The maximum atomic E-state index is 13.1. The minimum absolute atomic E-state index is 0.133. The van der Waals surface area contributed by atoms with E-state index in [0.717, 1.165) is 64.2 Å². The number of ether oxygens (including phenoxy) is 2. The molecule has 0 saturated carbocycles. The van der Waals surface area contributed by atoms with Crippen LogP contribution in [0.1, 0.15) is 354 Å². The summed E-state index contributed by atoms with van der Waals surface area (Å²) in [5.41, 5.74) is 0. The van der Waals surface area contributed by atoms with Crippen LogP contribution in [0.2, 0.25) is 0 Å². The van der Waals surface area contributed by atoms with Crippen LogP contribution in [-0.2, 0) is 14.3 Å². The zero-order valence-electron chi connectivity index (χ0n) is 54.0. The fourth-order valence-corrected chi connectivity index (χ4v) is 11.6.